The molecule has 3 rings (SSSR count). The Kier molecular flexibility index (Phi) is 9.41. The van der Waals surface area contributed by atoms with E-state index in [1.807, 2.05) is 24.3 Å². The van der Waals surface area contributed by atoms with Crippen LogP contribution in [0.2, 0.25) is 5.02 Å². The van der Waals surface area contributed by atoms with Gasteiger partial charge in [-0.1, -0.05) is 17.7 Å². The maximum absolute atomic E-state index is 12.7. The fraction of sp³-hybridized carbons (Fsp3) is 0.421. The first-order chi connectivity index (χ1) is 14.3. The molecule has 2 heterocycles. The molecule has 31 heavy (non-hydrogen) atoms. The maximum atomic E-state index is 12.7. The summed E-state index contributed by atoms with van der Waals surface area (Å²) in [5.41, 5.74) is 0.107. The van der Waals surface area contributed by atoms with E-state index in [9.17, 15) is 13.2 Å². The Morgan fingerprint density at radius 3 is 2.81 bits per heavy atom. The minimum absolute atomic E-state index is 0. The van der Waals surface area contributed by atoms with Crippen molar-refractivity contribution in [3.8, 4) is 0 Å². The third-order valence-corrected chi connectivity index (χ3v) is 4.81. The van der Waals surface area contributed by atoms with E-state index < -0.39 is 11.9 Å². The van der Waals surface area contributed by atoms with Crippen LogP contribution in [0.3, 0.4) is 0 Å². The van der Waals surface area contributed by atoms with Crippen LogP contribution in [0.4, 0.5) is 24.8 Å². The molecule has 1 aliphatic rings. The molecule has 1 aromatic carbocycles. The van der Waals surface area contributed by atoms with Crippen LogP contribution in [0.1, 0.15) is 12.1 Å². The molecule has 170 valence electrons. The van der Waals surface area contributed by atoms with Gasteiger partial charge in [-0.25, -0.2) is 9.97 Å². The van der Waals surface area contributed by atoms with Crippen molar-refractivity contribution in [3.05, 3.63) is 47.2 Å². The number of anilines is 2. The van der Waals surface area contributed by atoms with Crippen molar-refractivity contribution in [3.63, 3.8) is 0 Å². The summed E-state index contributed by atoms with van der Waals surface area (Å²) in [5, 5.41) is 9.98. The van der Waals surface area contributed by atoms with Gasteiger partial charge in [0.2, 0.25) is 5.95 Å². The van der Waals surface area contributed by atoms with Gasteiger partial charge in [-0.3, -0.25) is 4.99 Å². The predicted molar refractivity (Wildman–Crippen MR) is 128 cm³/mol. The van der Waals surface area contributed by atoms with Crippen LogP contribution in [0.15, 0.2) is 41.5 Å². The van der Waals surface area contributed by atoms with E-state index >= 15 is 0 Å². The number of aliphatic imine (C=N–C) groups is 1. The molecule has 0 amide bonds. The van der Waals surface area contributed by atoms with Crippen molar-refractivity contribution in [2.75, 3.05) is 43.4 Å². The lowest BCUT2D eigenvalue weighted by Crippen LogP contribution is -2.45. The predicted octanol–water partition coefficient (Wildman–Crippen LogP) is 3.62. The minimum Gasteiger partial charge on any atom is -0.369 e. The summed E-state index contributed by atoms with van der Waals surface area (Å²) in [7, 11) is 1.67. The van der Waals surface area contributed by atoms with E-state index in [2.05, 4.69) is 35.8 Å². The van der Waals surface area contributed by atoms with Gasteiger partial charge in [0.25, 0.3) is 0 Å². The van der Waals surface area contributed by atoms with Crippen molar-refractivity contribution in [1.29, 1.82) is 0 Å². The highest BCUT2D eigenvalue weighted by molar-refractivity contribution is 14.0. The summed E-state index contributed by atoms with van der Waals surface area (Å²) in [6.07, 6.45) is -2.47. The highest BCUT2D eigenvalue weighted by atomic mass is 127. The molecule has 2 aromatic rings. The maximum Gasteiger partial charge on any atom is 0.433 e. The number of benzene rings is 1. The van der Waals surface area contributed by atoms with Crippen LogP contribution in [0, 0.1) is 0 Å². The summed E-state index contributed by atoms with van der Waals surface area (Å²) in [6, 6.07) is 8.81. The van der Waals surface area contributed by atoms with E-state index in [-0.39, 0.29) is 36.0 Å². The van der Waals surface area contributed by atoms with Gasteiger partial charge >= 0.3 is 6.18 Å². The van der Waals surface area contributed by atoms with Crippen LogP contribution in [0.5, 0.6) is 0 Å². The number of rotatable bonds is 6. The molecule has 3 N–H and O–H groups in total. The van der Waals surface area contributed by atoms with Gasteiger partial charge in [0.05, 0.1) is 0 Å². The monoisotopic (exact) mass is 569 g/mol. The first-order valence-electron chi connectivity index (χ1n) is 9.47. The number of nitrogens with zero attached hydrogens (tertiary/aromatic N) is 4. The summed E-state index contributed by atoms with van der Waals surface area (Å²) in [5.74, 6) is 0.558. The second kappa shape index (κ2) is 11.6. The summed E-state index contributed by atoms with van der Waals surface area (Å²) in [6.45, 7) is 2.49. The molecule has 0 saturated carbocycles. The van der Waals surface area contributed by atoms with Gasteiger partial charge in [0.1, 0.15) is 5.69 Å². The van der Waals surface area contributed by atoms with Crippen LogP contribution in [-0.4, -0.2) is 55.2 Å². The number of guanidine groups is 1. The quantitative estimate of drug-likeness (QED) is 0.214. The van der Waals surface area contributed by atoms with Gasteiger partial charge in [0.15, 0.2) is 5.96 Å². The van der Waals surface area contributed by atoms with Gasteiger partial charge in [0, 0.05) is 56.2 Å². The Balaban J connectivity index is 0.00000341. The number of hydrogen-bond donors (Lipinski definition) is 3. The Morgan fingerprint density at radius 2 is 2.10 bits per heavy atom. The van der Waals surface area contributed by atoms with E-state index in [0.29, 0.717) is 24.1 Å². The number of aromatic nitrogens is 2. The molecule has 1 unspecified atom stereocenters. The van der Waals surface area contributed by atoms with Crippen molar-refractivity contribution < 1.29 is 13.2 Å². The Morgan fingerprint density at radius 1 is 1.29 bits per heavy atom. The van der Waals surface area contributed by atoms with Gasteiger partial charge in [-0.2, -0.15) is 13.2 Å². The lowest BCUT2D eigenvalue weighted by atomic mass is 10.3. The molecular formula is C19H24ClF3IN7. The minimum atomic E-state index is -4.50. The van der Waals surface area contributed by atoms with E-state index in [1.54, 1.807) is 7.05 Å². The molecular weight excluding hydrogens is 546 g/mol. The average molecular weight is 570 g/mol. The van der Waals surface area contributed by atoms with E-state index in [4.69, 9.17) is 11.6 Å². The first-order valence-corrected chi connectivity index (χ1v) is 9.85. The lowest BCUT2D eigenvalue weighted by Gasteiger charge is -2.20. The molecule has 0 spiro atoms. The smallest absolute Gasteiger partial charge is 0.369 e. The molecule has 0 bridgehead atoms. The molecule has 1 saturated heterocycles. The fourth-order valence-electron chi connectivity index (χ4n) is 3.13. The fourth-order valence-corrected chi connectivity index (χ4v) is 3.31. The zero-order chi connectivity index (χ0) is 21.6. The SMILES string of the molecule is CN=C(NCCNc1nccc(C(F)(F)F)n1)NC1CCN(c2cccc(Cl)c2)C1.I. The zero-order valence-corrected chi connectivity index (χ0v) is 19.9. The lowest BCUT2D eigenvalue weighted by molar-refractivity contribution is -0.141. The first kappa shape index (κ1) is 25.2. The number of nitrogens with one attached hydrogen (secondary N) is 3. The van der Waals surface area contributed by atoms with Crippen LogP contribution in [0.25, 0.3) is 0 Å². The summed E-state index contributed by atoms with van der Waals surface area (Å²) < 4.78 is 38.1. The second-order valence-electron chi connectivity index (χ2n) is 6.74. The van der Waals surface area contributed by atoms with Crippen molar-refractivity contribution >= 4 is 53.2 Å². The van der Waals surface area contributed by atoms with Gasteiger partial charge in [-0.15, -0.1) is 24.0 Å². The van der Waals surface area contributed by atoms with Crippen molar-refractivity contribution in [2.45, 2.75) is 18.6 Å². The summed E-state index contributed by atoms with van der Waals surface area (Å²) >= 11 is 6.07. The summed E-state index contributed by atoms with van der Waals surface area (Å²) in [4.78, 5) is 13.7. The van der Waals surface area contributed by atoms with Crippen LogP contribution in [-0.2, 0) is 6.18 Å². The van der Waals surface area contributed by atoms with Crippen molar-refractivity contribution in [1.82, 2.24) is 20.6 Å². The largest absolute Gasteiger partial charge is 0.433 e. The molecule has 12 heteroatoms. The highest BCUT2D eigenvalue weighted by Crippen LogP contribution is 2.27. The average Bonchev–Trinajstić information content (AvgIpc) is 3.18. The van der Waals surface area contributed by atoms with Crippen molar-refractivity contribution in [2.24, 2.45) is 4.99 Å². The molecule has 1 aromatic heterocycles. The number of alkyl halides is 3. The molecule has 1 atom stereocenters. The second-order valence-corrected chi connectivity index (χ2v) is 7.18. The molecule has 0 aliphatic carbocycles. The third kappa shape index (κ3) is 7.56. The molecule has 0 radical (unpaired) electrons. The third-order valence-electron chi connectivity index (χ3n) is 4.57. The Hall–Kier alpha value is -2.02. The van der Waals surface area contributed by atoms with Crippen LogP contribution >= 0.6 is 35.6 Å². The van der Waals surface area contributed by atoms with Crippen LogP contribution < -0.4 is 20.9 Å². The molecule has 1 fully saturated rings. The zero-order valence-electron chi connectivity index (χ0n) is 16.8. The Labute approximate surface area is 200 Å². The number of halogens is 5. The molecule has 7 nitrogen and oxygen atoms in total. The van der Waals surface area contributed by atoms with Gasteiger partial charge in [-0.05, 0) is 30.7 Å². The highest BCUT2D eigenvalue weighted by Gasteiger charge is 2.32. The van der Waals surface area contributed by atoms with Gasteiger partial charge < -0.3 is 20.9 Å². The Bertz CT molecular complexity index is 882. The standard InChI is InChI=1S/C19H23ClF3N7.HI/c1-24-17(26-8-9-27-18-25-7-5-16(29-18)19(21,22)23)28-14-6-10-30(12-14)15-4-2-3-13(20)11-15;/h2-5,7,11,14H,6,8-10,12H2,1H3,(H2,24,26,28)(H,25,27,29);1H. The van der Waals surface area contributed by atoms with E-state index in [1.165, 1.54) is 0 Å². The molecule has 1 aliphatic heterocycles. The topological polar surface area (TPSA) is 77.5 Å². The van der Waals surface area contributed by atoms with E-state index in [0.717, 1.165) is 37.5 Å². The normalized spacial score (nSPS) is 16.6. The number of hydrogen-bond acceptors (Lipinski definition) is 5.